The lowest BCUT2D eigenvalue weighted by Crippen LogP contribution is -2.58. The summed E-state index contributed by atoms with van der Waals surface area (Å²) < 4.78 is 43.8. The second kappa shape index (κ2) is 9.41. The first-order valence-corrected chi connectivity index (χ1v) is 12.6. The van der Waals surface area contributed by atoms with Gasteiger partial charge in [0.1, 0.15) is 5.82 Å². The molecule has 0 bridgehead atoms. The molecule has 2 saturated heterocycles. The minimum atomic E-state index is -3.40. The van der Waals surface area contributed by atoms with Gasteiger partial charge in [0.25, 0.3) is 10.2 Å². The zero-order chi connectivity index (χ0) is 23.8. The summed E-state index contributed by atoms with van der Waals surface area (Å²) >= 11 is 0. The van der Waals surface area contributed by atoms with Crippen molar-refractivity contribution in [2.24, 2.45) is 5.73 Å². The third kappa shape index (κ3) is 4.77. The monoisotopic (exact) mass is 478 g/mol. The molecular formula is C22H31FN6O3S. The first-order valence-electron chi connectivity index (χ1n) is 11.2. The maximum absolute atomic E-state index is 15.4. The summed E-state index contributed by atoms with van der Waals surface area (Å²) in [5, 5.41) is 3.00. The van der Waals surface area contributed by atoms with Gasteiger partial charge < -0.3 is 11.1 Å². The Morgan fingerprint density at radius 2 is 1.94 bits per heavy atom. The van der Waals surface area contributed by atoms with Crippen LogP contribution in [-0.4, -0.2) is 77.7 Å². The van der Waals surface area contributed by atoms with Crippen molar-refractivity contribution in [1.29, 1.82) is 0 Å². The summed E-state index contributed by atoms with van der Waals surface area (Å²) in [6, 6.07) is 4.17. The molecule has 0 saturated carbocycles. The fourth-order valence-electron chi connectivity index (χ4n) is 4.36. The van der Waals surface area contributed by atoms with Crippen LogP contribution in [0.5, 0.6) is 0 Å². The molecule has 4 rings (SSSR count). The van der Waals surface area contributed by atoms with Crippen LogP contribution in [0.2, 0.25) is 0 Å². The van der Waals surface area contributed by atoms with Gasteiger partial charge in [-0.15, -0.1) is 0 Å². The van der Waals surface area contributed by atoms with E-state index in [1.807, 2.05) is 19.9 Å². The van der Waals surface area contributed by atoms with Gasteiger partial charge in [-0.2, -0.15) is 17.0 Å². The standard InChI is InChI=1S/C22H31FN6O3S/c1-16-6-3-9-20(29(16)22(24)30)25-19-8-4-7-18(21(19)23)15-26-12-13-28(14-17(26)2)33(31,32)27-10-5-11-27/h3-4,6-9,16-17,25H,5,10-15H2,1-2H3,(H2,24,30)/t16?,17-/m1/s1. The lowest BCUT2D eigenvalue weighted by molar-refractivity contribution is 0.114. The van der Waals surface area contributed by atoms with Gasteiger partial charge in [-0.3, -0.25) is 9.80 Å². The summed E-state index contributed by atoms with van der Waals surface area (Å²) in [5.74, 6) is -0.000380. The molecule has 1 aromatic carbocycles. The summed E-state index contributed by atoms with van der Waals surface area (Å²) in [6.45, 7) is 6.59. The first kappa shape index (κ1) is 23.7. The molecule has 2 fully saturated rings. The number of hydrogen-bond donors (Lipinski definition) is 2. The summed E-state index contributed by atoms with van der Waals surface area (Å²) in [5.41, 5.74) is 6.25. The van der Waals surface area contributed by atoms with Gasteiger partial charge in [0, 0.05) is 50.9 Å². The molecule has 3 N–H and O–H groups in total. The van der Waals surface area contributed by atoms with Crippen LogP contribution in [0.4, 0.5) is 14.9 Å². The molecule has 0 radical (unpaired) electrons. The largest absolute Gasteiger partial charge is 0.351 e. The number of rotatable bonds is 6. The maximum Gasteiger partial charge on any atom is 0.320 e. The summed E-state index contributed by atoms with van der Waals surface area (Å²) in [7, 11) is -3.40. The van der Waals surface area contributed by atoms with Gasteiger partial charge in [0.15, 0.2) is 5.82 Å². The molecule has 3 aliphatic heterocycles. The van der Waals surface area contributed by atoms with Crippen LogP contribution in [0.3, 0.4) is 0 Å². The van der Waals surface area contributed by atoms with Crippen molar-refractivity contribution in [3.8, 4) is 0 Å². The Balaban J connectivity index is 1.45. The van der Waals surface area contributed by atoms with Crippen molar-refractivity contribution in [3.63, 3.8) is 0 Å². The number of carbonyl (C=O) groups is 1. The minimum absolute atomic E-state index is 0.0526. The third-order valence-corrected chi connectivity index (χ3v) is 8.46. The van der Waals surface area contributed by atoms with Gasteiger partial charge in [-0.25, -0.2) is 9.18 Å². The van der Waals surface area contributed by atoms with E-state index in [1.165, 1.54) is 13.5 Å². The summed E-state index contributed by atoms with van der Waals surface area (Å²) in [6.07, 6.45) is 6.20. The zero-order valence-corrected chi connectivity index (χ0v) is 19.8. The molecule has 3 heterocycles. The third-order valence-electron chi connectivity index (χ3n) is 6.46. The highest BCUT2D eigenvalue weighted by Crippen LogP contribution is 2.26. The number of piperazine rings is 1. The van der Waals surface area contributed by atoms with E-state index in [4.69, 9.17) is 5.73 Å². The predicted octanol–water partition coefficient (Wildman–Crippen LogP) is 1.87. The number of primary amides is 1. The number of benzene rings is 1. The van der Waals surface area contributed by atoms with E-state index in [-0.39, 0.29) is 17.8 Å². The molecule has 180 valence electrons. The van der Waals surface area contributed by atoms with Crippen molar-refractivity contribution in [1.82, 2.24) is 18.4 Å². The average molecular weight is 479 g/mol. The van der Waals surface area contributed by atoms with Crippen molar-refractivity contribution < 1.29 is 17.6 Å². The fourth-order valence-corrected chi connectivity index (χ4v) is 6.12. The molecule has 11 heteroatoms. The van der Waals surface area contributed by atoms with E-state index in [9.17, 15) is 13.2 Å². The molecule has 0 spiro atoms. The molecule has 2 atom stereocenters. The first-order chi connectivity index (χ1) is 15.7. The van der Waals surface area contributed by atoms with E-state index in [0.717, 1.165) is 6.42 Å². The number of nitrogens with two attached hydrogens (primary N) is 1. The van der Waals surface area contributed by atoms with E-state index in [0.29, 0.717) is 50.7 Å². The Kier molecular flexibility index (Phi) is 6.76. The van der Waals surface area contributed by atoms with E-state index < -0.39 is 22.1 Å². The van der Waals surface area contributed by atoms with Crippen LogP contribution in [-0.2, 0) is 16.8 Å². The van der Waals surface area contributed by atoms with Crippen LogP contribution in [0, 0.1) is 5.82 Å². The minimum Gasteiger partial charge on any atom is -0.351 e. The van der Waals surface area contributed by atoms with Crippen molar-refractivity contribution >= 4 is 21.9 Å². The smallest absolute Gasteiger partial charge is 0.320 e. The number of halogens is 1. The maximum atomic E-state index is 15.4. The van der Waals surface area contributed by atoms with Gasteiger partial charge >= 0.3 is 6.03 Å². The van der Waals surface area contributed by atoms with E-state index in [1.54, 1.807) is 30.4 Å². The molecular weight excluding hydrogens is 447 g/mol. The number of allylic oxidation sites excluding steroid dienone is 2. The number of nitrogens with one attached hydrogen (secondary N) is 1. The lowest BCUT2D eigenvalue weighted by Gasteiger charge is -2.42. The Morgan fingerprint density at radius 1 is 1.18 bits per heavy atom. The SMILES string of the molecule is CC1C=CC=C(Nc2cccc(CN3CCN(S(=O)(=O)N4CCC4)C[C@H]3C)c2F)N1C(N)=O. The second-order valence-electron chi connectivity index (χ2n) is 8.73. The molecule has 33 heavy (non-hydrogen) atoms. The second-order valence-corrected chi connectivity index (χ2v) is 10.7. The van der Waals surface area contributed by atoms with Crippen LogP contribution in [0.25, 0.3) is 0 Å². The fraction of sp³-hybridized carbons (Fsp3) is 0.500. The Bertz CT molecular complexity index is 1070. The number of amides is 2. The van der Waals surface area contributed by atoms with Gasteiger partial charge in [0.2, 0.25) is 0 Å². The zero-order valence-electron chi connectivity index (χ0n) is 18.9. The van der Waals surface area contributed by atoms with Crippen molar-refractivity contribution in [2.45, 2.75) is 38.9 Å². The van der Waals surface area contributed by atoms with Crippen LogP contribution in [0.15, 0.2) is 42.2 Å². The van der Waals surface area contributed by atoms with Crippen LogP contribution < -0.4 is 11.1 Å². The van der Waals surface area contributed by atoms with Crippen LogP contribution in [0.1, 0.15) is 25.8 Å². The Morgan fingerprint density at radius 3 is 2.58 bits per heavy atom. The molecule has 1 aromatic rings. The van der Waals surface area contributed by atoms with Crippen LogP contribution >= 0.6 is 0 Å². The predicted molar refractivity (Wildman–Crippen MR) is 125 cm³/mol. The lowest BCUT2D eigenvalue weighted by atomic mass is 10.1. The van der Waals surface area contributed by atoms with Gasteiger partial charge in [-0.1, -0.05) is 24.3 Å². The summed E-state index contributed by atoms with van der Waals surface area (Å²) in [4.78, 5) is 15.3. The molecule has 0 aromatic heterocycles. The van der Waals surface area contributed by atoms with Crippen molar-refractivity contribution in [2.75, 3.05) is 38.0 Å². The van der Waals surface area contributed by atoms with Crippen molar-refractivity contribution in [3.05, 3.63) is 53.6 Å². The topological polar surface area (TPSA) is 102 Å². The normalized spacial score (nSPS) is 24.9. The van der Waals surface area contributed by atoms with E-state index in [2.05, 4.69) is 10.2 Å². The number of anilines is 1. The molecule has 3 aliphatic rings. The number of nitrogens with zero attached hydrogens (tertiary/aromatic N) is 4. The van der Waals surface area contributed by atoms with E-state index >= 15 is 4.39 Å². The molecule has 1 unspecified atom stereocenters. The molecule has 2 amide bonds. The quantitative estimate of drug-likeness (QED) is 0.650. The molecule has 9 nitrogen and oxygen atoms in total. The Labute approximate surface area is 194 Å². The average Bonchev–Trinajstić information content (AvgIpc) is 2.70. The van der Waals surface area contributed by atoms with Gasteiger partial charge in [0.05, 0.1) is 11.7 Å². The number of hydrogen-bond acceptors (Lipinski definition) is 5. The molecule has 0 aliphatic carbocycles. The highest BCUT2D eigenvalue weighted by Gasteiger charge is 2.37. The highest BCUT2D eigenvalue weighted by atomic mass is 32.2. The highest BCUT2D eigenvalue weighted by molar-refractivity contribution is 7.86. The van der Waals surface area contributed by atoms with Gasteiger partial charge in [-0.05, 0) is 32.4 Å². The number of carbonyl (C=O) groups excluding carboxylic acids is 1. The Hall–Kier alpha value is -2.47. The number of urea groups is 1.